The molecule has 126 valence electrons. The van der Waals surface area contributed by atoms with Crippen LogP contribution >= 0.6 is 44.8 Å². The largest absolute Gasteiger partial charge is 0.325 e. The monoisotopic (exact) mass is 400 g/mol. The maximum absolute atomic E-state index is 11.3. The molecule has 0 unspecified atom stereocenters. The first kappa shape index (κ1) is 19.0. The van der Waals surface area contributed by atoms with Gasteiger partial charge < -0.3 is 10.6 Å². The number of amides is 2. The molecule has 0 aliphatic rings. The molecule has 0 atom stereocenters. The molecule has 2 aromatic carbocycles. The van der Waals surface area contributed by atoms with E-state index in [0.29, 0.717) is 21.4 Å². The van der Waals surface area contributed by atoms with Gasteiger partial charge in [0.1, 0.15) is 0 Å². The first-order valence-corrected chi connectivity index (χ1v) is 9.74. The van der Waals surface area contributed by atoms with Crippen LogP contribution in [0.1, 0.15) is 13.8 Å². The third kappa shape index (κ3) is 5.63. The highest BCUT2D eigenvalue weighted by Gasteiger charge is 2.10. The van der Waals surface area contributed by atoms with E-state index in [2.05, 4.69) is 10.6 Å². The lowest BCUT2D eigenvalue weighted by Gasteiger charge is -2.12. The summed E-state index contributed by atoms with van der Waals surface area (Å²) in [4.78, 5) is 24.4. The summed E-state index contributed by atoms with van der Waals surface area (Å²) in [5.74, 6) is -0.343. The molecular formula is C16H14Cl2N2O2S2. The molecule has 0 fully saturated rings. The maximum Gasteiger partial charge on any atom is 0.221 e. The van der Waals surface area contributed by atoms with E-state index >= 15 is 0 Å². The van der Waals surface area contributed by atoms with Crippen LogP contribution in [0.3, 0.4) is 0 Å². The molecule has 2 N–H and O–H groups in total. The second-order valence-electron chi connectivity index (χ2n) is 4.81. The van der Waals surface area contributed by atoms with Crippen LogP contribution < -0.4 is 10.6 Å². The van der Waals surface area contributed by atoms with Gasteiger partial charge in [0.05, 0.1) is 11.4 Å². The minimum atomic E-state index is -0.172. The van der Waals surface area contributed by atoms with Crippen LogP contribution in [0.2, 0.25) is 10.0 Å². The summed E-state index contributed by atoms with van der Waals surface area (Å²) >= 11 is 12.0. The Morgan fingerprint density at radius 3 is 1.50 bits per heavy atom. The van der Waals surface area contributed by atoms with Crippen LogP contribution in [0.15, 0.2) is 46.2 Å². The Morgan fingerprint density at radius 1 is 0.792 bits per heavy atom. The molecule has 4 nitrogen and oxygen atoms in total. The molecule has 0 radical (unpaired) electrons. The van der Waals surface area contributed by atoms with Crippen molar-refractivity contribution in [2.75, 3.05) is 10.6 Å². The van der Waals surface area contributed by atoms with Crippen LogP contribution in [0, 0.1) is 0 Å². The Labute approximate surface area is 158 Å². The van der Waals surface area contributed by atoms with Crippen LogP contribution in [0.5, 0.6) is 0 Å². The Kier molecular flexibility index (Phi) is 6.86. The average Bonchev–Trinajstić information content (AvgIpc) is 2.47. The zero-order chi connectivity index (χ0) is 17.7. The fourth-order valence-corrected chi connectivity index (χ4v) is 4.40. The number of hydrogen-bond acceptors (Lipinski definition) is 4. The van der Waals surface area contributed by atoms with Crippen molar-refractivity contribution in [3.8, 4) is 0 Å². The van der Waals surface area contributed by atoms with E-state index in [4.69, 9.17) is 23.2 Å². The van der Waals surface area contributed by atoms with Gasteiger partial charge in [-0.3, -0.25) is 9.59 Å². The van der Waals surface area contributed by atoms with E-state index in [1.54, 1.807) is 24.3 Å². The summed E-state index contributed by atoms with van der Waals surface area (Å²) in [6.07, 6.45) is 0. The van der Waals surface area contributed by atoms with Crippen molar-refractivity contribution in [3.63, 3.8) is 0 Å². The number of carbonyl (C=O) groups excluding carboxylic acids is 2. The molecule has 0 heterocycles. The van der Waals surface area contributed by atoms with E-state index in [1.165, 1.54) is 35.4 Å². The summed E-state index contributed by atoms with van der Waals surface area (Å²) in [5, 5.41) is 6.60. The third-order valence-corrected chi connectivity index (χ3v) is 5.68. The fourth-order valence-electron chi connectivity index (χ4n) is 1.81. The van der Waals surface area contributed by atoms with Gasteiger partial charge in [0, 0.05) is 33.7 Å². The molecule has 2 rings (SSSR count). The molecule has 0 spiro atoms. The number of rotatable bonds is 5. The van der Waals surface area contributed by atoms with Gasteiger partial charge in [0.15, 0.2) is 0 Å². The van der Waals surface area contributed by atoms with Crippen LogP contribution in [-0.4, -0.2) is 11.8 Å². The maximum atomic E-state index is 11.3. The third-order valence-electron chi connectivity index (χ3n) is 2.73. The zero-order valence-electron chi connectivity index (χ0n) is 12.9. The van der Waals surface area contributed by atoms with Gasteiger partial charge in [-0.15, -0.1) is 0 Å². The number of benzene rings is 2. The lowest BCUT2D eigenvalue weighted by atomic mass is 10.3. The smallest absolute Gasteiger partial charge is 0.221 e. The summed E-state index contributed by atoms with van der Waals surface area (Å²) in [6, 6.07) is 10.6. The van der Waals surface area contributed by atoms with E-state index < -0.39 is 0 Å². The molecule has 0 aromatic heterocycles. The molecule has 0 bridgehead atoms. The van der Waals surface area contributed by atoms with Gasteiger partial charge in [0.25, 0.3) is 0 Å². The predicted octanol–water partition coefficient (Wildman–Crippen LogP) is 5.71. The highest BCUT2D eigenvalue weighted by atomic mass is 35.5. The lowest BCUT2D eigenvalue weighted by molar-refractivity contribution is -0.115. The fraction of sp³-hybridized carbons (Fsp3) is 0.125. The molecule has 2 aromatic rings. The first-order valence-electron chi connectivity index (χ1n) is 6.84. The number of nitrogens with one attached hydrogen (secondary N) is 2. The Bertz CT molecular complexity index is 719. The van der Waals surface area contributed by atoms with Crippen molar-refractivity contribution < 1.29 is 9.59 Å². The Balaban J connectivity index is 2.22. The Hall–Kier alpha value is -1.34. The summed E-state index contributed by atoms with van der Waals surface area (Å²) < 4.78 is 0. The molecular weight excluding hydrogens is 387 g/mol. The van der Waals surface area contributed by atoms with E-state index in [0.717, 1.165) is 9.79 Å². The average molecular weight is 401 g/mol. The molecule has 24 heavy (non-hydrogen) atoms. The van der Waals surface area contributed by atoms with Gasteiger partial charge >= 0.3 is 0 Å². The summed E-state index contributed by atoms with van der Waals surface area (Å²) in [7, 11) is 2.89. The minimum absolute atomic E-state index is 0.172. The van der Waals surface area contributed by atoms with Crippen molar-refractivity contribution in [2.45, 2.75) is 23.6 Å². The summed E-state index contributed by atoms with van der Waals surface area (Å²) in [6.45, 7) is 2.88. The standard InChI is InChI=1S/C16H14Cl2N2O2S2/c1-9(21)19-13-7-11(17)3-5-15(13)23-24-16-6-4-12(18)8-14(16)20-10(2)22/h3-8H,1-2H3,(H,19,21)(H,20,22). The normalized spacial score (nSPS) is 10.3. The van der Waals surface area contributed by atoms with Crippen molar-refractivity contribution in [3.05, 3.63) is 46.4 Å². The SMILES string of the molecule is CC(=O)Nc1cc(Cl)ccc1SSc1ccc(Cl)cc1NC(C)=O. The van der Waals surface area contributed by atoms with Gasteiger partial charge in [-0.2, -0.15) is 0 Å². The van der Waals surface area contributed by atoms with E-state index in [-0.39, 0.29) is 11.8 Å². The van der Waals surface area contributed by atoms with Crippen molar-refractivity contribution in [1.29, 1.82) is 0 Å². The highest BCUT2D eigenvalue weighted by Crippen LogP contribution is 2.44. The van der Waals surface area contributed by atoms with E-state index in [9.17, 15) is 9.59 Å². The molecule has 2 amide bonds. The quantitative estimate of drug-likeness (QED) is 0.630. The molecule has 0 saturated heterocycles. The topological polar surface area (TPSA) is 58.2 Å². The van der Waals surface area contributed by atoms with Gasteiger partial charge in [-0.05, 0) is 36.4 Å². The lowest BCUT2D eigenvalue weighted by Crippen LogP contribution is -2.07. The number of carbonyl (C=O) groups is 2. The molecule has 0 aliphatic heterocycles. The van der Waals surface area contributed by atoms with Gasteiger partial charge in [-0.1, -0.05) is 44.8 Å². The number of halogens is 2. The van der Waals surface area contributed by atoms with Crippen LogP contribution in [-0.2, 0) is 9.59 Å². The molecule has 0 aliphatic carbocycles. The van der Waals surface area contributed by atoms with Gasteiger partial charge in [0.2, 0.25) is 11.8 Å². The highest BCUT2D eigenvalue weighted by molar-refractivity contribution is 8.76. The van der Waals surface area contributed by atoms with Crippen LogP contribution in [0.4, 0.5) is 11.4 Å². The van der Waals surface area contributed by atoms with E-state index in [1.807, 2.05) is 12.1 Å². The second kappa shape index (κ2) is 8.67. The van der Waals surface area contributed by atoms with Crippen molar-refractivity contribution in [2.24, 2.45) is 0 Å². The predicted molar refractivity (Wildman–Crippen MR) is 103 cm³/mol. The van der Waals surface area contributed by atoms with Crippen LogP contribution in [0.25, 0.3) is 0 Å². The van der Waals surface area contributed by atoms with Crippen molar-refractivity contribution >= 4 is 68.0 Å². The zero-order valence-corrected chi connectivity index (χ0v) is 16.0. The Morgan fingerprint density at radius 2 is 1.17 bits per heavy atom. The van der Waals surface area contributed by atoms with Gasteiger partial charge in [-0.25, -0.2) is 0 Å². The summed E-state index contributed by atoms with van der Waals surface area (Å²) in [5.41, 5.74) is 1.28. The molecule has 8 heteroatoms. The van der Waals surface area contributed by atoms with Crippen molar-refractivity contribution in [1.82, 2.24) is 0 Å². The number of anilines is 2. The first-order chi connectivity index (χ1) is 11.3. The number of hydrogen-bond donors (Lipinski definition) is 2. The second-order valence-corrected chi connectivity index (χ2v) is 7.90. The minimum Gasteiger partial charge on any atom is -0.325 e. The molecule has 0 saturated carbocycles.